The van der Waals surface area contributed by atoms with Gasteiger partial charge >= 0.3 is 0 Å². The van der Waals surface area contributed by atoms with Gasteiger partial charge in [0.25, 0.3) is 5.91 Å². The molecule has 0 atom stereocenters. The minimum atomic E-state index is -0.238. The van der Waals surface area contributed by atoms with E-state index < -0.39 is 0 Å². The SMILES string of the molecule is N#CCn1ccc(NC(=O)c2ccc(Cn3cccn3)cc2)n1. The van der Waals surface area contributed by atoms with Gasteiger partial charge in [0.2, 0.25) is 0 Å². The summed E-state index contributed by atoms with van der Waals surface area (Å²) in [4.78, 5) is 12.2. The number of benzene rings is 1. The van der Waals surface area contributed by atoms with Crippen molar-refractivity contribution >= 4 is 11.7 Å². The molecule has 114 valence electrons. The molecule has 1 N–H and O–H groups in total. The van der Waals surface area contributed by atoms with Gasteiger partial charge in [-0.05, 0) is 23.8 Å². The monoisotopic (exact) mass is 306 g/mol. The quantitative estimate of drug-likeness (QED) is 0.779. The molecule has 0 radical (unpaired) electrons. The zero-order valence-corrected chi connectivity index (χ0v) is 12.3. The Morgan fingerprint density at radius 3 is 2.70 bits per heavy atom. The second-order valence-corrected chi connectivity index (χ2v) is 4.91. The molecule has 7 heteroatoms. The molecule has 0 bridgehead atoms. The predicted octanol–water partition coefficient (Wildman–Crippen LogP) is 1.90. The van der Waals surface area contributed by atoms with Crippen molar-refractivity contribution in [1.82, 2.24) is 19.6 Å². The molecule has 0 aliphatic heterocycles. The fraction of sp³-hybridized carbons (Fsp3) is 0.125. The van der Waals surface area contributed by atoms with Gasteiger partial charge in [-0.15, -0.1) is 0 Å². The highest BCUT2D eigenvalue weighted by Gasteiger charge is 2.08. The van der Waals surface area contributed by atoms with Gasteiger partial charge in [0.15, 0.2) is 5.82 Å². The van der Waals surface area contributed by atoms with Crippen LogP contribution in [0.15, 0.2) is 55.0 Å². The zero-order chi connectivity index (χ0) is 16.1. The number of aromatic nitrogens is 4. The zero-order valence-electron chi connectivity index (χ0n) is 12.3. The minimum absolute atomic E-state index is 0.151. The van der Waals surface area contributed by atoms with Crippen LogP contribution in [0.2, 0.25) is 0 Å². The summed E-state index contributed by atoms with van der Waals surface area (Å²) in [5.74, 6) is 0.184. The van der Waals surface area contributed by atoms with Gasteiger partial charge in [0.1, 0.15) is 6.54 Å². The number of carbonyl (C=O) groups is 1. The largest absolute Gasteiger partial charge is 0.305 e. The Labute approximate surface area is 132 Å². The molecule has 23 heavy (non-hydrogen) atoms. The first-order valence-corrected chi connectivity index (χ1v) is 7.03. The van der Waals surface area contributed by atoms with Crippen LogP contribution in [0.1, 0.15) is 15.9 Å². The smallest absolute Gasteiger partial charge is 0.256 e. The van der Waals surface area contributed by atoms with Crippen LogP contribution >= 0.6 is 0 Å². The number of nitriles is 1. The van der Waals surface area contributed by atoms with E-state index in [0.717, 1.165) is 5.56 Å². The molecule has 3 rings (SSSR count). The fourth-order valence-electron chi connectivity index (χ4n) is 2.12. The van der Waals surface area contributed by atoms with Crippen LogP contribution in [0.3, 0.4) is 0 Å². The highest BCUT2D eigenvalue weighted by Crippen LogP contribution is 2.09. The lowest BCUT2D eigenvalue weighted by molar-refractivity contribution is 0.102. The van der Waals surface area contributed by atoms with Crippen LogP contribution in [-0.2, 0) is 13.1 Å². The number of nitrogens with zero attached hydrogens (tertiary/aromatic N) is 5. The van der Waals surface area contributed by atoms with Gasteiger partial charge in [-0.2, -0.15) is 15.5 Å². The molecule has 0 fully saturated rings. The maximum atomic E-state index is 12.2. The lowest BCUT2D eigenvalue weighted by Crippen LogP contribution is -2.13. The third kappa shape index (κ3) is 3.63. The van der Waals surface area contributed by atoms with Gasteiger partial charge in [0, 0.05) is 30.2 Å². The first kappa shape index (κ1) is 14.5. The molecule has 0 aliphatic rings. The molecule has 0 unspecified atom stereocenters. The van der Waals surface area contributed by atoms with E-state index in [1.807, 2.05) is 35.1 Å². The first-order chi connectivity index (χ1) is 11.2. The molecule has 0 saturated carbocycles. The fourth-order valence-corrected chi connectivity index (χ4v) is 2.12. The average Bonchev–Trinajstić information content (AvgIpc) is 3.21. The van der Waals surface area contributed by atoms with E-state index in [1.54, 1.807) is 30.6 Å². The summed E-state index contributed by atoms with van der Waals surface area (Å²) in [5.41, 5.74) is 1.60. The van der Waals surface area contributed by atoms with Gasteiger partial charge in [0.05, 0.1) is 12.6 Å². The predicted molar refractivity (Wildman–Crippen MR) is 83.6 cm³/mol. The summed E-state index contributed by atoms with van der Waals surface area (Å²) in [5, 5.41) is 19.5. The number of rotatable bonds is 5. The Bertz CT molecular complexity index is 826. The highest BCUT2D eigenvalue weighted by atomic mass is 16.1. The topological polar surface area (TPSA) is 88.5 Å². The van der Waals surface area contributed by atoms with Crippen molar-refractivity contribution in [1.29, 1.82) is 5.26 Å². The molecule has 2 aromatic heterocycles. The van der Waals surface area contributed by atoms with E-state index in [1.165, 1.54) is 4.68 Å². The number of carbonyl (C=O) groups excluding carboxylic acids is 1. The lowest BCUT2D eigenvalue weighted by Gasteiger charge is -2.05. The van der Waals surface area contributed by atoms with Crippen LogP contribution in [0, 0.1) is 11.3 Å². The van der Waals surface area contributed by atoms with E-state index in [0.29, 0.717) is 17.9 Å². The maximum absolute atomic E-state index is 12.2. The second kappa shape index (κ2) is 6.58. The van der Waals surface area contributed by atoms with E-state index in [4.69, 9.17) is 5.26 Å². The van der Waals surface area contributed by atoms with Crippen molar-refractivity contribution in [2.24, 2.45) is 0 Å². The van der Waals surface area contributed by atoms with Crippen LogP contribution in [0.4, 0.5) is 5.82 Å². The Kier molecular flexibility index (Phi) is 4.16. The molecule has 0 aliphatic carbocycles. The summed E-state index contributed by atoms with van der Waals surface area (Å²) in [6, 6.07) is 12.8. The second-order valence-electron chi connectivity index (χ2n) is 4.91. The van der Waals surface area contributed by atoms with Crippen molar-refractivity contribution in [2.75, 3.05) is 5.32 Å². The van der Waals surface area contributed by atoms with Gasteiger partial charge in [-0.1, -0.05) is 12.1 Å². The molecule has 2 heterocycles. The average molecular weight is 306 g/mol. The van der Waals surface area contributed by atoms with E-state index in [2.05, 4.69) is 15.5 Å². The first-order valence-electron chi connectivity index (χ1n) is 7.03. The van der Waals surface area contributed by atoms with Gasteiger partial charge in [-0.25, -0.2) is 0 Å². The van der Waals surface area contributed by atoms with Crippen molar-refractivity contribution in [3.63, 3.8) is 0 Å². The molecule has 3 aromatic rings. The summed E-state index contributed by atoms with van der Waals surface area (Å²) in [7, 11) is 0. The van der Waals surface area contributed by atoms with E-state index in [9.17, 15) is 4.79 Å². The Morgan fingerprint density at radius 1 is 1.17 bits per heavy atom. The Hall–Kier alpha value is -3.40. The van der Waals surface area contributed by atoms with Crippen molar-refractivity contribution in [3.8, 4) is 6.07 Å². The molecule has 1 amide bonds. The Morgan fingerprint density at radius 2 is 2.00 bits per heavy atom. The van der Waals surface area contributed by atoms with Gasteiger partial charge in [-0.3, -0.25) is 14.2 Å². The third-order valence-electron chi connectivity index (χ3n) is 3.23. The number of hydrogen-bond donors (Lipinski definition) is 1. The highest BCUT2D eigenvalue weighted by molar-refractivity contribution is 6.03. The maximum Gasteiger partial charge on any atom is 0.256 e. The van der Waals surface area contributed by atoms with Crippen LogP contribution in [0.5, 0.6) is 0 Å². The van der Waals surface area contributed by atoms with Crippen LogP contribution in [-0.4, -0.2) is 25.5 Å². The summed E-state index contributed by atoms with van der Waals surface area (Å²) in [6.45, 7) is 0.811. The Balaban J connectivity index is 1.64. The summed E-state index contributed by atoms with van der Waals surface area (Å²) >= 11 is 0. The number of hydrogen-bond acceptors (Lipinski definition) is 4. The molecule has 0 spiro atoms. The van der Waals surface area contributed by atoms with Crippen LogP contribution < -0.4 is 5.32 Å². The van der Waals surface area contributed by atoms with Gasteiger partial charge < -0.3 is 5.32 Å². The third-order valence-corrected chi connectivity index (χ3v) is 3.23. The summed E-state index contributed by atoms with van der Waals surface area (Å²) < 4.78 is 3.28. The van der Waals surface area contributed by atoms with Crippen molar-refractivity contribution < 1.29 is 4.79 Å². The van der Waals surface area contributed by atoms with Crippen molar-refractivity contribution in [2.45, 2.75) is 13.1 Å². The number of amides is 1. The van der Waals surface area contributed by atoms with Crippen molar-refractivity contribution in [3.05, 3.63) is 66.1 Å². The molecular weight excluding hydrogens is 292 g/mol. The molecule has 1 aromatic carbocycles. The normalized spacial score (nSPS) is 10.2. The number of nitrogens with one attached hydrogen (secondary N) is 1. The molecular formula is C16H14N6O. The number of anilines is 1. The molecule has 0 saturated heterocycles. The molecule has 7 nitrogen and oxygen atoms in total. The lowest BCUT2D eigenvalue weighted by atomic mass is 10.1. The van der Waals surface area contributed by atoms with E-state index in [-0.39, 0.29) is 12.5 Å². The summed E-state index contributed by atoms with van der Waals surface area (Å²) in [6.07, 6.45) is 5.26. The van der Waals surface area contributed by atoms with E-state index >= 15 is 0 Å². The van der Waals surface area contributed by atoms with Crippen LogP contribution in [0.25, 0.3) is 0 Å². The minimum Gasteiger partial charge on any atom is -0.305 e. The standard InChI is InChI=1S/C16H14N6O/c17-7-11-21-10-6-15(20-21)19-16(23)14-4-2-13(3-5-14)12-22-9-1-8-18-22/h1-6,8-10H,11-12H2,(H,19,20,23).